The van der Waals surface area contributed by atoms with E-state index in [1.54, 1.807) is 6.07 Å². The summed E-state index contributed by atoms with van der Waals surface area (Å²) in [6.07, 6.45) is 5.01. The van der Waals surface area contributed by atoms with Crippen LogP contribution in [-0.2, 0) is 19.6 Å². The maximum Gasteiger partial charge on any atom is 0.337 e. The fourth-order valence-corrected chi connectivity index (χ4v) is 3.63. The topological polar surface area (TPSA) is 92.8 Å². The number of hydrogen-bond donors (Lipinski definition) is 1. The molecular formula is C16H22N2O5S. The first-order chi connectivity index (χ1) is 11.3. The van der Waals surface area contributed by atoms with E-state index in [0.717, 1.165) is 36.2 Å². The maximum atomic E-state index is 12.2. The van der Waals surface area contributed by atoms with E-state index in [0.29, 0.717) is 0 Å². The molecule has 0 saturated heterocycles. The van der Waals surface area contributed by atoms with E-state index in [4.69, 9.17) is 0 Å². The Morgan fingerprint density at radius 2 is 1.96 bits per heavy atom. The first-order valence-corrected chi connectivity index (χ1v) is 9.61. The van der Waals surface area contributed by atoms with Crippen molar-refractivity contribution in [3.63, 3.8) is 0 Å². The molecule has 1 N–H and O–H groups in total. The largest absolute Gasteiger partial charge is 0.465 e. The van der Waals surface area contributed by atoms with E-state index >= 15 is 0 Å². The van der Waals surface area contributed by atoms with Crippen LogP contribution in [0.25, 0.3) is 0 Å². The molecule has 24 heavy (non-hydrogen) atoms. The highest BCUT2D eigenvalue weighted by molar-refractivity contribution is 7.92. The molecule has 0 atom stereocenters. The van der Waals surface area contributed by atoms with Crippen LogP contribution in [0.2, 0.25) is 0 Å². The molecule has 1 amide bonds. The Morgan fingerprint density at radius 3 is 2.54 bits per heavy atom. The lowest BCUT2D eigenvalue weighted by Gasteiger charge is -2.23. The number of esters is 1. The van der Waals surface area contributed by atoms with Crippen LogP contribution in [0.3, 0.4) is 0 Å². The highest BCUT2D eigenvalue weighted by atomic mass is 32.2. The Bertz CT molecular complexity index is 711. The Hall–Kier alpha value is -2.09. The summed E-state index contributed by atoms with van der Waals surface area (Å²) in [5, 5.41) is 2.86. The van der Waals surface area contributed by atoms with E-state index in [2.05, 4.69) is 10.1 Å². The number of methoxy groups -OCH3 is 1. The molecule has 0 spiro atoms. The predicted molar refractivity (Wildman–Crippen MR) is 90.4 cm³/mol. The van der Waals surface area contributed by atoms with Crippen molar-refractivity contribution in [1.29, 1.82) is 0 Å². The number of benzene rings is 1. The minimum Gasteiger partial charge on any atom is -0.465 e. The summed E-state index contributed by atoms with van der Waals surface area (Å²) in [7, 11) is -2.43. The first-order valence-electron chi connectivity index (χ1n) is 7.76. The molecule has 0 heterocycles. The Labute approximate surface area is 142 Å². The number of nitrogens with zero attached hydrogens (tertiary/aromatic N) is 1. The molecule has 1 saturated carbocycles. The lowest BCUT2D eigenvalue weighted by atomic mass is 10.2. The van der Waals surface area contributed by atoms with Crippen molar-refractivity contribution in [2.75, 3.05) is 24.2 Å². The maximum absolute atomic E-state index is 12.2. The van der Waals surface area contributed by atoms with Crippen LogP contribution in [0.5, 0.6) is 0 Å². The van der Waals surface area contributed by atoms with Crippen LogP contribution in [0.15, 0.2) is 24.3 Å². The van der Waals surface area contributed by atoms with Gasteiger partial charge >= 0.3 is 5.97 Å². The molecular weight excluding hydrogens is 332 g/mol. The first kappa shape index (κ1) is 18.3. The predicted octanol–water partition coefficient (Wildman–Crippen LogP) is 1.30. The van der Waals surface area contributed by atoms with Gasteiger partial charge in [0.2, 0.25) is 15.9 Å². The number of amides is 1. The fraction of sp³-hybridized carbons (Fsp3) is 0.500. The summed E-state index contributed by atoms with van der Waals surface area (Å²) in [4.78, 5) is 23.8. The number of ether oxygens (including phenoxy) is 1. The summed E-state index contributed by atoms with van der Waals surface area (Å²) in [6, 6.07) is 6.12. The molecule has 0 bridgehead atoms. The zero-order valence-electron chi connectivity index (χ0n) is 13.8. The summed E-state index contributed by atoms with van der Waals surface area (Å²) in [5.41, 5.74) is 0.474. The van der Waals surface area contributed by atoms with Gasteiger partial charge in [-0.1, -0.05) is 18.9 Å². The molecule has 1 aliphatic rings. The molecule has 0 aromatic heterocycles. The average molecular weight is 354 g/mol. The fourth-order valence-electron chi connectivity index (χ4n) is 2.78. The number of rotatable bonds is 6. The standard InChI is InChI=1S/C16H22N2O5S/c1-23-16(20)12-6-5-9-14(10-12)18(24(2,21)22)11-15(19)17-13-7-3-4-8-13/h5-6,9-10,13H,3-4,7-8,11H2,1-2H3,(H,17,19). The van der Waals surface area contributed by atoms with E-state index in [9.17, 15) is 18.0 Å². The smallest absolute Gasteiger partial charge is 0.337 e. The van der Waals surface area contributed by atoms with Gasteiger partial charge in [-0.05, 0) is 31.0 Å². The molecule has 7 nitrogen and oxygen atoms in total. The number of nitrogens with one attached hydrogen (secondary N) is 1. The summed E-state index contributed by atoms with van der Waals surface area (Å²) in [5.74, 6) is -0.920. The van der Waals surface area contributed by atoms with Crippen molar-refractivity contribution in [3.8, 4) is 0 Å². The molecule has 0 aliphatic heterocycles. The van der Waals surface area contributed by atoms with Gasteiger partial charge in [0, 0.05) is 6.04 Å². The third kappa shape index (κ3) is 4.70. The van der Waals surface area contributed by atoms with E-state index in [1.165, 1.54) is 25.3 Å². The number of carbonyl (C=O) groups excluding carboxylic acids is 2. The van der Waals surface area contributed by atoms with Gasteiger partial charge in [0.15, 0.2) is 0 Å². The zero-order chi connectivity index (χ0) is 17.7. The van der Waals surface area contributed by atoms with Crippen LogP contribution in [0, 0.1) is 0 Å². The lowest BCUT2D eigenvalue weighted by Crippen LogP contribution is -2.43. The van der Waals surface area contributed by atoms with E-state index in [1.807, 2.05) is 0 Å². The van der Waals surface area contributed by atoms with Crippen LogP contribution in [0.1, 0.15) is 36.0 Å². The van der Waals surface area contributed by atoms with Gasteiger partial charge in [-0.15, -0.1) is 0 Å². The summed E-state index contributed by atoms with van der Waals surface area (Å²) < 4.78 is 29.8. The van der Waals surface area contributed by atoms with Gasteiger partial charge in [0.1, 0.15) is 6.54 Å². The molecule has 0 radical (unpaired) electrons. The normalized spacial score (nSPS) is 15.1. The van der Waals surface area contributed by atoms with Crippen molar-refractivity contribution in [1.82, 2.24) is 5.32 Å². The molecule has 1 aromatic rings. The van der Waals surface area contributed by atoms with Crippen LogP contribution in [0.4, 0.5) is 5.69 Å². The zero-order valence-corrected chi connectivity index (χ0v) is 14.6. The van der Waals surface area contributed by atoms with Gasteiger partial charge in [0.05, 0.1) is 24.6 Å². The van der Waals surface area contributed by atoms with Crippen LogP contribution in [-0.4, -0.2) is 46.2 Å². The quantitative estimate of drug-likeness (QED) is 0.777. The van der Waals surface area contributed by atoms with Crippen LogP contribution >= 0.6 is 0 Å². The van der Waals surface area contributed by atoms with Crippen molar-refractivity contribution < 1.29 is 22.7 Å². The Morgan fingerprint density at radius 1 is 1.29 bits per heavy atom. The third-order valence-electron chi connectivity index (χ3n) is 3.96. The van der Waals surface area contributed by atoms with Crippen LogP contribution < -0.4 is 9.62 Å². The van der Waals surface area contributed by atoms with Crippen molar-refractivity contribution in [2.24, 2.45) is 0 Å². The molecule has 8 heteroatoms. The highest BCUT2D eigenvalue weighted by Crippen LogP contribution is 2.21. The third-order valence-corrected chi connectivity index (χ3v) is 5.10. The minimum absolute atomic E-state index is 0.111. The molecule has 1 aromatic carbocycles. The summed E-state index contributed by atoms with van der Waals surface area (Å²) >= 11 is 0. The van der Waals surface area contributed by atoms with Gasteiger partial charge in [0.25, 0.3) is 0 Å². The van der Waals surface area contributed by atoms with E-state index in [-0.39, 0.29) is 29.7 Å². The summed E-state index contributed by atoms with van der Waals surface area (Å²) in [6.45, 7) is -0.319. The number of carbonyl (C=O) groups is 2. The lowest BCUT2D eigenvalue weighted by molar-refractivity contribution is -0.120. The monoisotopic (exact) mass is 354 g/mol. The Kier molecular flexibility index (Phi) is 5.82. The minimum atomic E-state index is -3.68. The van der Waals surface area contributed by atoms with Gasteiger partial charge in [-0.2, -0.15) is 0 Å². The number of sulfonamides is 1. The molecule has 2 rings (SSSR count). The second kappa shape index (κ2) is 7.65. The SMILES string of the molecule is COC(=O)c1cccc(N(CC(=O)NC2CCCC2)S(C)(=O)=O)c1. The van der Waals surface area contributed by atoms with Gasteiger partial charge in [-0.25, -0.2) is 13.2 Å². The molecule has 0 unspecified atom stereocenters. The molecule has 132 valence electrons. The molecule has 1 fully saturated rings. The van der Waals surface area contributed by atoms with Crippen molar-refractivity contribution >= 4 is 27.6 Å². The Balaban J connectivity index is 2.19. The van der Waals surface area contributed by atoms with Gasteiger partial charge in [-0.3, -0.25) is 9.10 Å². The average Bonchev–Trinajstić information content (AvgIpc) is 3.03. The highest BCUT2D eigenvalue weighted by Gasteiger charge is 2.24. The van der Waals surface area contributed by atoms with Gasteiger partial charge < -0.3 is 10.1 Å². The molecule has 1 aliphatic carbocycles. The van der Waals surface area contributed by atoms with Crippen molar-refractivity contribution in [3.05, 3.63) is 29.8 Å². The van der Waals surface area contributed by atoms with Crippen molar-refractivity contribution in [2.45, 2.75) is 31.7 Å². The van der Waals surface area contributed by atoms with E-state index < -0.39 is 16.0 Å². The second-order valence-corrected chi connectivity index (χ2v) is 7.77. The number of anilines is 1. The second-order valence-electron chi connectivity index (χ2n) is 5.86. The number of hydrogen-bond acceptors (Lipinski definition) is 5.